The smallest absolute Gasteiger partial charge is 0.224 e. The van der Waals surface area contributed by atoms with Crippen LogP contribution >= 0.6 is 11.6 Å². The Kier molecular flexibility index (Phi) is 2.49. The van der Waals surface area contributed by atoms with Crippen molar-refractivity contribution in [2.45, 2.75) is 18.9 Å². The lowest BCUT2D eigenvalue weighted by Gasteiger charge is -2.22. The first-order chi connectivity index (χ1) is 7.84. The van der Waals surface area contributed by atoms with E-state index >= 15 is 0 Å². The number of nitrogens with zero attached hydrogens (tertiary/aromatic N) is 4. The second-order valence-corrected chi connectivity index (χ2v) is 4.22. The fourth-order valence-corrected chi connectivity index (χ4v) is 2.13. The molecular formula is C10H11ClN4O. The van der Waals surface area contributed by atoms with Gasteiger partial charge in [-0.2, -0.15) is 10.1 Å². The van der Waals surface area contributed by atoms with Gasteiger partial charge in [-0.15, -0.1) is 0 Å². The van der Waals surface area contributed by atoms with E-state index in [1.807, 2.05) is 4.68 Å². The van der Waals surface area contributed by atoms with Gasteiger partial charge in [0.1, 0.15) is 0 Å². The molecule has 84 valence electrons. The summed E-state index contributed by atoms with van der Waals surface area (Å²) in [6, 6.07) is 0.261. The Labute approximate surface area is 97.4 Å². The molecule has 0 saturated carbocycles. The van der Waals surface area contributed by atoms with Crippen molar-refractivity contribution in [3.05, 3.63) is 17.7 Å². The Bertz CT molecular complexity index is 506. The maximum Gasteiger partial charge on any atom is 0.224 e. The third kappa shape index (κ3) is 1.66. The molecule has 3 heterocycles. The van der Waals surface area contributed by atoms with Gasteiger partial charge in [-0.25, -0.2) is 9.67 Å². The fraction of sp³-hybridized carbons (Fsp3) is 0.500. The lowest BCUT2D eigenvalue weighted by Crippen LogP contribution is -2.22. The summed E-state index contributed by atoms with van der Waals surface area (Å²) in [5.74, 6) is 0. The Hall–Kier alpha value is -1.20. The molecule has 0 aromatic carbocycles. The van der Waals surface area contributed by atoms with Gasteiger partial charge in [-0.1, -0.05) is 0 Å². The van der Waals surface area contributed by atoms with E-state index in [1.165, 1.54) is 0 Å². The topological polar surface area (TPSA) is 52.8 Å². The summed E-state index contributed by atoms with van der Waals surface area (Å²) >= 11 is 5.79. The van der Waals surface area contributed by atoms with Crippen LogP contribution in [0.15, 0.2) is 12.4 Å². The number of rotatable bonds is 1. The maximum atomic E-state index is 5.79. The number of aromatic nitrogens is 4. The van der Waals surface area contributed by atoms with E-state index in [0.717, 1.165) is 30.5 Å². The normalized spacial score (nSPS) is 21.4. The van der Waals surface area contributed by atoms with Crippen LogP contribution in [-0.2, 0) is 4.74 Å². The first kappa shape index (κ1) is 9.99. The van der Waals surface area contributed by atoms with Crippen molar-refractivity contribution in [1.29, 1.82) is 0 Å². The zero-order valence-corrected chi connectivity index (χ0v) is 9.39. The van der Waals surface area contributed by atoms with Crippen LogP contribution in [0.25, 0.3) is 11.0 Å². The Balaban J connectivity index is 2.05. The molecule has 2 aromatic rings. The molecule has 0 bridgehead atoms. The van der Waals surface area contributed by atoms with Crippen LogP contribution in [0.1, 0.15) is 18.9 Å². The van der Waals surface area contributed by atoms with Gasteiger partial charge in [-0.3, -0.25) is 0 Å². The first-order valence-corrected chi connectivity index (χ1v) is 5.66. The molecule has 3 rings (SSSR count). The molecule has 1 fully saturated rings. The fourth-order valence-electron chi connectivity index (χ4n) is 2.00. The quantitative estimate of drug-likeness (QED) is 0.712. The molecule has 0 radical (unpaired) electrons. The van der Waals surface area contributed by atoms with Gasteiger partial charge in [0.05, 0.1) is 24.2 Å². The summed E-state index contributed by atoms with van der Waals surface area (Å²) in [5, 5.41) is 5.50. The summed E-state index contributed by atoms with van der Waals surface area (Å²) in [4.78, 5) is 8.15. The number of hydrogen-bond acceptors (Lipinski definition) is 4. The third-order valence-electron chi connectivity index (χ3n) is 2.79. The third-order valence-corrected chi connectivity index (χ3v) is 2.97. The van der Waals surface area contributed by atoms with E-state index < -0.39 is 0 Å². The molecule has 1 aliphatic heterocycles. The largest absolute Gasteiger partial charge is 0.379 e. The molecule has 5 nitrogen and oxygen atoms in total. The van der Waals surface area contributed by atoms with Gasteiger partial charge in [0.15, 0.2) is 5.65 Å². The highest BCUT2D eigenvalue weighted by molar-refractivity contribution is 6.28. The number of ether oxygens (including phenoxy) is 1. The minimum atomic E-state index is 0.256. The van der Waals surface area contributed by atoms with E-state index in [-0.39, 0.29) is 11.3 Å². The Morgan fingerprint density at radius 1 is 1.44 bits per heavy atom. The average molecular weight is 239 g/mol. The molecule has 0 aliphatic carbocycles. The summed E-state index contributed by atoms with van der Waals surface area (Å²) < 4.78 is 7.34. The molecule has 0 N–H and O–H groups in total. The minimum absolute atomic E-state index is 0.256. The lowest BCUT2D eigenvalue weighted by molar-refractivity contribution is 0.0563. The van der Waals surface area contributed by atoms with Crippen LogP contribution < -0.4 is 0 Å². The summed E-state index contributed by atoms with van der Waals surface area (Å²) in [5.41, 5.74) is 0.788. The standard InChI is InChI=1S/C10H11ClN4O/c11-10-12-4-7-5-13-15(9(7)14-10)8-2-1-3-16-6-8/h4-5,8H,1-3,6H2. The molecule has 2 aromatic heterocycles. The summed E-state index contributed by atoms with van der Waals surface area (Å²) in [7, 11) is 0. The Morgan fingerprint density at radius 2 is 2.38 bits per heavy atom. The van der Waals surface area contributed by atoms with E-state index in [4.69, 9.17) is 16.3 Å². The molecule has 6 heteroatoms. The molecule has 1 atom stereocenters. The van der Waals surface area contributed by atoms with Gasteiger partial charge in [-0.05, 0) is 24.4 Å². The van der Waals surface area contributed by atoms with Crippen LogP contribution in [0, 0.1) is 0 Å². The number of hydrogen-bond donors (Lipinski definition) is 0. The molecule has 1 saturated heterocycles. The van der Waals surface area contributed by atoms with Gasteiger partial charge in [0, 0.05) is 12.8 Å². The van der Waals surface area contributed by atoms with Crippen molar-refractivity contribution in [3.8, 4) is 0 Å². The van der Waals surface area contributed by atoms with Gasteiger partial charge >= 0.3 is 0 Å². The number of halogens is 1. The first-order valence-electron chi connectivity index (χ1n) is 5.28. The van der Waals surface area contributed by atoms with Crippen molar-refractivity contribution >= 4 is 22.6 Å². The van der Waals surface area contributed by atoms with Crippen LogP contribution in [-0.4, -0.2) is 33.0 Å². The van der Waals surface area contributed by atoms with Gasteiger partial charge < -0.3 is 4.74 Å². The van der Waals surface area contributed by atoms with E-state index in [9.17, 15) is 0 Å². The van der Waals surface area contributed by atoms with Crippen molar-refractivity contribution in [1.82, 2.24) is 19.7 Å². The van der Waals surface area contributed by atoms with E-state index in [2.05, 4.69) is 15.1 Å². The van der Waals surface area contributed by atoms with E-state index in [1.54, 1.807) is 12.4 Å². The van der Waals surface area contributed by atoms with E-state index in [0.29, 0.717) is 6.61 Å². The highest BCUT2D eigenvalue weighted by Crippen LogP contribution is 2.23. The molecule has 0 spiro atoms. The average Bonchev–Trinajstić information content (AvgIpc) is 2.73. The predicted octanol–water partition coefficient (Wildman–Crippen LogP) is 1.83. The predicted molar refractivity (Wildman–Crippen MR) is 59.4 cm³/mol. The van der Waals surface area contributed by atoms with Gasteiger partial charge in [0.2, 0.25) is 5.28 Å². The molecule has 0 amide bonds. The minimum Gasteiger partial charge on any atom is -0.379 e. The van der Waals surface area contributed by atoms with Crippen molar-refractivity contribution < 1.29 is 4.74 Å². The highest BCUT2D eigenvalue weighted by Gasteiger charge is 2.19. The van der Waals surface area contributed by atoms with Crippen LogP contribution in [0.2, 0.25) is 5.28 Å². The molecule has 1 unspecified atom stereocenters. The van der Waals surface area contributed by atoms with Crippen molar-refractivity contribution in [3.63, 3.8) is 0 Å². The van der Waals surface area contributed by atoms with Crippen LogP contribution in [0.3, 0.4) is 0 Å². The lowest BCUT2D eigenvalue weighted by atomic mass is 10.1. The second kappa shape index (κ2) is 3.99. The van der Waals surface area contributed by atoms with Crippen molar-refractivity contribution in [2.24, 2.45) is 0 Å². The van der Waals surface area contributed by atoms with Gasteiger partial charge in [0.25, 0.3) is 0 Å². The molecule has 1 aliphatic rings. The molecule has 16 heavy (non-hydrogen) atoms. The Morgan fingerprint density at radius 3 is 3.19 bits per heavy atom. The SMILES string of the molecule is Clc1ncc2cnn(C3CCCOC3)c2n1. The number of fused-ring (bicyclic) bond motifs is 1. The zero-order chi connectivity index (χ0) is 11.0. The summed E-state index contributed by atoms with van der Waals surface area (Å²) in [6.07, 6.45) is 5.58. The second-order valence-electron chi connectivity index (χ2n) is 3.88. The maximum absolute atomic E-state index is 5.79. The van der Waals surface area contributed by atoms with Crippen molar-refractivity contribution in [2.75, 3.05) is 13.2 Å². The zero-order valence-electron chi connectivity index (χ0n) is 8.64. The van der Waals surface area contributed by atoms with Crippen LogP contribution in [0.5, 0.6) is 0 Å². The molecular weight excluding hydrogens is 228 g/mol. The van der Waals surface area contributed by atoms with Crippen LogP contribution in [0.4, 0.5) is 0 Å². The monoisotopic (exact) mass is 238 g/mol. The highest BCUT2D eigenvalue weighted by atomic mass is 35.5. The summed E-state index contributed by atoms with van der Waals surface area (Å²) in [6.45, 7) is 1.53.